The number of carbonyl (C=O) groups is 2. The van der Waals surface area contributed by atoms with Crippen molar-refractivity contribution in [1.82, 2.24) is 10.6 Å². The molecule has 0 spiro atoms. The number of amides is 2. The molecule has 130 valence electrons. The van der Waals surface area contributed by atoms with E-state index in [4.69, 9.17) is 5.73 Å². The summed E-state index contributed by atoms with van der Waals surface area (Å²) in [6.07, 6.45) is 7.51. The summed E-state index contributed by atoms with van der Waals surface area (Å²) in [6, 6.07) is 0.251. The van der Waals surface area contributed by atoms with Crippen LogP contribution in [0.2, 0.25) is 0 Å². The fraction of sp³-hybridized carbons (Fsp3) is 0.875. The molecule has 0 aliphatic heterocycles. The van der Waals surface area contributed by atoms with Crippen molar-refractivity contribution in [2.24, 2.45) is 11.7 Å². The number of nitrogens with one attached hydrogen (secondary N) is 2. The summed E-state index contributed by atoms with van der Waals surface area (Å²) in [4.78, 5) is 23.5. The monoisotopic (exact) mass is 333 g/mol. The summed E-state index contributed by atoms with van der Waals surface area (Å²) >= 11 is 0. The molecule has 1 fully saturated rings. The van der Waals surface area contributed by atoms with E-state index in [0.29, 0.717) is 31.7 Å². The first kappa shape index (κ1) is 21.2. The van der Waals surface area contributed by atoms with E-state index in [-0.39, 0.29) is 36.3 Å². The van der Waals surface area contributed by atoms with Crippen molar-refractivity contribution < 1.29 is 9.59 Å². The molecule has 1 aliphatic rings. The Bertz CT molecular complexity index is 331. The second-order valence-electron chi connectivity index (χ2n) is 6.38. The van der Waals surface area contributed by atoms with E-state index in [1.54, 1.807) is 0 Å². The molecule has 2 amide bonds. The minimum Gasteiger partial charge on any atom is -0.354 e. The van der Waals surface area contributed by atoms with E-state index in [2.05, 4.69) is 10.6 Å². The molecule has 6 heteroatoms. The molecule has 0 aromatic heterocycles. The van der Waals surface area contributed by atoms with E-state index in [1.807, 2.05) is 13.8 Å². The molecule has 4 N–H and O–H groups in total. The normalized spacial score (nSPS) is 16.7. The van der Waals surface area contributed by atoms with Gasteiger partial charge in [-0.2, -0.15) is 0 Å². The molecule has 0 radical (unpaired) electrons. The van der Waals surface area contributed by atoms with Crippen LogP contribution in [-0.2, 0) is 9.59 Å². The van der Waals surface area contributed by atoms with E-state index in [1.165, 1.54) is 32.1 Å². The third kappa shape index (κ3) is 8.59. The maximum atomic E-state index is 12.0. The highest BCUT2D eigenvalue weighted by Gasteiger charge is 2.23. The lowest BCUT2D eigenvalue weighted by molar-refractivity contribution is -0.123. The van der Waals surface area contributed by atoms with Gasteiger partial charge in [0.2, 0.25) is 11.8 Å². The Hall–Kier alpha value is -0.810. The van der Waals surface area contributed by atoms with Crippen molar-refractivity contribution >= 4 is 24.2 Å². The van der Waals surface area contributed by atoms with Crippen LogP contribution >= 0.6 is 12.4 Å². The Morgan fingerprint density at radius 1 is 1.05 bits per heavy atom. The lowest BCUT2D eigenvalue weighted by Gasteiger charge is -2.30. The fourth-order valence-electron chi connectivity index (χ4n) is 2.99. The Kier molecular flexibility index (Phi) is 11.3. The van der Waals surface area contributed by atoms with Gasteiger partial charge in [-0.1, -0.05) is 19.3 Å². The zero-order valence-electron chi connectivity index (χ0n) is 13.9. The van der Waals surface area contributed by atoms with Crippen LogP contribution in [0.15, 0.2) is 0 Å². The van der Waals surface area contributed by atoms with Crippen LogP contribution in [0.5, 0.6) is 0 Å². The third-order valence-corrected chi connectivity index (χ3v) is 4.08. The number of nitrogens with two attached hydrogens (primary N) is 1. The molecule has 1 unspecified atom stereocenters. The van der Waals surface area contributed by atoms with Gasteiger partial charge in [-0.05, 0) is 39.0 Å². The number of rotatable bonds is 8. The zero-order valence-corrected chi connectivity index (χ0v) is 14.7. The Morgan fingerprint density at radius 2 is 1.59 bits per heavy atom. The maximum absolute atomic E-state index is 12.0. The smallest absolute Gasteiger partial charge is 0.220 e. The van der Waals surface area contributed by atoms with Crippen molar-refractivity contribution in [3.8, 4) is 0 Å². The Labute approximate surface area is 140 Å². The van der Waals surface area contributed by atoms with E-state index in [9.17, 15) is 9.59 Å². The zero-order chi connectivity index (χ0) is 15.7. The van der Waals surface area contributed by atoms with Gasteiger partial charge in [0.15, 0.2) is 0 Å². The summed E-state index contributed by atoms with van der Waals surface area (Å²) in [5.41, 5.74) is 5.80. The average molecular weight is 334 g/mol. The second kappa shape index (κ2) is 11.7. The van der Waals surface area contributed by atoms with E-state index < -0.39 is 0 Å². The van der Waals surface area contributed by atoms with E-state index >= 15 is 0 Å². The minimum atomic E-state index is 0. The lowest BCUT2D eigenvalue weighted by atomic mass is 9.84. The second-order valence-corrected chi connectivity index (χ2v) is 6.38. The molecule has 1 atom stereocenters. The van der Waals surface area contributed by atoms with Gasteiger partial charge in [0.25, 0.3) is 0 Å². The van der Waals surface area contributed by atoms with Crippen molar-refractivity contribution in [1.29, 1.82) is 0 Å². The highest BCUT2D eigenvalue weighted by Crippen LogP contribution is 2.26. The van der Waals surface area contributed by atoms with Gasteiger partial charge in [-0.3, -0.25) is 9.59 Å². The van der Waals surface area contributed by atoms with Crippen molar-refractivity contribution in [2.75, 3.05) is 6.54 Å². The number of hydrogen-bond donors (Lipinski definition) is 3. The first-order valence-corrected chi connectivity index (χ1v) is 8.31. The highest BCUT2D eigenvalue weighted by molar-refractivity contribution is 5.85. The summed E-state index contributed by atoms with van der Waals surface area (Å²) in [6.45, 7) is 4.37. The van der Waals surface area contributed by atoms with Crippen LogP contribution in [-0.4, -0.2) is 30.4 Å². The molecular formula is C16H32ClN3O2. The largest absolute Gasteiger partial charge is 0.354 e. The third-order valence-electron chi connectivity index (χ3n) is 4.08. The number of hydrogen-bond acceptors (Lipinski definition) is 3. The predicted molar refractivity (Wildman–Crippen MR) is 91.9 cm³/mol. The fourth-order valence-corrected chi connectivity index (χ4v) is 2.99. The van der Waals surface area contributed by atoms with Gasteiger partial charge < -0.3 is 16.4 Å². The molecule has 1 rings (SSSR count). The first-order chi connectivity index (χ1) is 10.0. The lowest BCUT2D eigenvalue weighted by Crippen LogP contribution is -2.45. The Balaban J connectivity index is 0.00000441. The molecule has 5 nitrogen and oxygen atoms in total. The van der Waals surface area contributed by atoms with Crippen LogP contribution in [0.4, 0.5) is 0 Å². The predicted octanol–water partition coefficient (Wildman–Crippen LogP) is 2.13. The van der Waals surface area contributed by atoms with Crippen LogP contribution < -0.4 is 16.4 Å². The van der Waals surface area contributed by atoms with Crippen LogP contribution in [0.3, 0.4) is 0 Å². The molecule has 0 aromatic rings. The number of halogens is 1. The molecule has 1 saturated carbocycles. The summed E-state index contributed by atoms with van der Waals surface area (Å²) in [5.74, 6) is 0.561. The standard InChI is InChI=1S/C16H31N3O2.ClH/c1-12(2)18-15(20)9-6-10-16(21)19-14(11-17)13-7-4-3-5-8-13;/h12-14H,3-11,17H2,1-2H3,(H,18,20)(H,19,21);1H. The highest BCUT2D eigenvalue weighted by atomic mass is 35.5. The maximum Gasteiger partial charge on any atom is 0.220 e. The summed E-state index contributed by atoms with van der Waals surface area (Å²) in [5, 5.41) is 5.88. The van der Waals surface area contributed by atoms with Crippen molar-refractivity contribution in [3.63, 3.8) is 0 Å². The number of carbonyl (C=O) groups excluding carboxylic acids is 2. The Morgan fingerprint density at radius 3 is 2.09 bits per heavy atom. The topological polar surface area (TPSA) is 84.2 Å². The minimum absolute atomic E-state index is 0. The van der Waals surface area contributed by atoms with Gasteiger partial charge in [0, 0.05) is 31.5 Å². The quantitative estimate of drug-likeness (QED) is 0.636. The first-order valence-electron chi connectivity index (χ1n) is 8.31. The van der Waals surface area contributed by atoms with Gasteiger partial charge in [0.1, 0.15) is 0 Å². The molecule has 0 bridgehead atoms. The van der Waals surface area contributed by atoms with Gasteiger partial charge in [-0.25, -0.2) is 0 Å². The van der Waals surface area contributed by atoms with Crippen molar-refractivity contribution in [3.05, 3.63) is 0 Å². The molecule has 0 aromatic carbocycles. The van der Waals surface area contributed by atoms with Gasteiger partial charge in [0.05, 0.1) is 0 Å². The van der Waals surface area contributed by atoms with Gasteiger partial charge >= 0.3 is 0 Å². The molecule has 1 aliphatic carbocycles. The molecule has 22 heavy (non-hydrogen) atoms. The van der Waals surface area contributed by atoms with Gasteiger partial charge in [-0.15, -0.1) is 12.4 Å². The van der Waals surface area contributed by atoms with Crippen LogP contribution in [0.25, 0.3) is 0 Å². The molecular weight excluding hydrogens is 302 g/mol. The SMILES string of the molecule is CC(C)NC(=O)CCCC(=O)NC(CN)C1CCCCC1.Cl. The van der Waals surface area contributed by atoms with Crippen molar-refractivity contribution in [2.45, 2.75) is 77.3 Å². The average Bonchev–Trinajstić information content (AvgIpc) is 2.45. The van der Waals surface area contributed by atoms with E-state index in [0.717, 1.165) is 0 Å². The molecule has 0 saturated heterocycles. The summed E-state index contributed by atoms with van der Waals surface area (Å²) < 4.78 is 0. The van der Waals surface area contributed by atoms with Crippen LogP contribution in [0, 0.1) is 5.92 Å². The molecule has 0 heterocycles. The van der Waals surface area contributed by atoms with Crippen LogP contribution in [0.1, 0.15) is 65.2 Å². The summed E-state index contributed by atoms with van der Waals surface area (Å²) in [7, 11) is 0.